The van der Waals surface area contributed by atoms with Crippen LogP contribution < -0.4 is 0 Å². The lowest BCUT2D eigenvalue weighted by Crippen LogP contribution is -2.18. The minimum absolute atomic E-state index is 0. The molecular formula is C10H22O4S. The smallest absolute Gasteiger partial charge is 0.172 e. The average Bonchev–Trinajstić information content (AvgIpc) is 2.54. The number of carbonyl (C=O) groups excluding carboxylic acids is 1. The highest BCUT2D eigenvalue weighted by Crippen LogP contribution is 2.10. The molecule has 0 aromatic carbocycles. The molecule has 1 aliphatic heterocycles. The lowest BCUT2D eigenvalue weighted by Gasteiger charge is -2.13. The van der Waals surface area contributed by atoms with Crippen LogP contribution in [0.2, 0.25) is 0 Å². The van der Waals surface area contributed by atoms with Crippen LogP contribution in [-0.2, 0) is 13.7 Å². The Balaban J connectivity index is 0. The van der Waals surface area contributed by atoms with E-state index in [9.17, 15) is 4.79 Å². The molecule has 0 saturated carbocycles. The summed E-state index contributed by atoms with van der Waals surface area (Å²) in [7, 11) is 0. The molecule has 0 amide bonds. The van der Waals surface area contributed by atoms with Crippen LogP contribution in [0, 0.1) is 0 Å². The molecule has 0 aromatic heterocycles. The van der Waals surface area contributed by atoms with E-state index in [-0.39, 0.29) is 13.5 Å². The third-order valence-electron chi connectivity index (χ3n) is 1.40. The van der Waals surface area contributed by atoms with Gasteiger partial charge in [-0.15, -0.1) is 0 Å². The van der Waals surface area contributed by atoms with Crippen LogP contribution in [0.3, 0.4) is 0 Å². The van der Waals surface area contributed by atoms with E-state index in [1.54, 1.807) is 20.1 Å². The molecular weight excluding hydrogens is 216 g/mol. The molecule has 1 saturated heterocycles. The predicted molar refractivity (Wildman–Crippen MR) is 62.7 cm³/mol. The standard InChI is InChI=1S/C5H8O2.C4H10O2S.CH4/c6-4-5-2-1-3-7-5;1-4(2,5)6-7-3;/h4-5H,1-3H2;5H,1-3H3;1H4. The highest BCUT2D eigenvalue weighted by Gasteiger charge is 2.12. The summed E-state index contributed by atoms with van der Waals surface area (Å²) < 4.78 is 9.64. The van der Waals surface area contributed by atoms with Crippen molar-refractivity contribution in [3.63, 3.8) is 0 Å². The van der Waals surface area contributed by atoms with Crippen LogP contribution in [0.25, 0.3) is 0 Å². The first-order valence-corrected chi connectivity index (χ1v) is 5.65. The number of hydrogen-bond donors (Lipinski definition) is 1. The number of ether oxygens (including phenoxy) is 1. The second-order valence-corrected chi connectivity index (χ2v) is 3.88. The molecule has 0 aromatic rings. The van der Waals surface area contributed by atoms with Gasteiger partial charge in [0.25, 0.3) is 0 Å². The van der Waals surface area contributed by atoms with Crippen LogP contribution >= 0.6 is 12.0 Å². The van der Waals surface area contributed by atoms with Gasteiger partial charge in [-0.25, -0.2) is 0 Å². The first-order valence-electron chi connectivity index (χ1n) is 4.50. The molecule has 0 aliphatic carbocycles. The maximum atomic E-state index is 9.88. The van der Waals surface area contributed by atoms with Crippen molar-refractivity contribution < 1.29 is 18.8 Å². The van der Waals surface area contributed by atoms with Crippen LogP contribution in [0.1, 0.15) is 34.1 Å². The van der Waals surface area contributed by atoms with Gasteiger partial charge in [-0.05, 0) is 38.7 Å². The number of aliphatic hydroxyl groups is 1. The number of aldehydes is 1. The minimum Gasteiger partial charge on any atom is -0.371 e. The Kier molecular flexibility index (Phi) is 10.6. The fourth-order valence-electron chi connectivity index (χ4n) is 0.914. The monoisotopic (exact) mass is 238 g/mol. The van der Waals surface area contributed by atoms with Gasteiger partial charge >= 0.3 is 0 Å². The van der Waals surface area contributed by atoms with Crippen LogP contribution in [0.4, 0.5) is 0 Å². The van der Waals surface area contributed by atoms with Gasteiger partial charge in [0.15, 0.2) is 5.79 Å². The molecule has 0 radical (unpaired) electrons. The molecule has 1 rings (SSSR count). The second kappa shape index (κ2) is 9.15. The van der Waals surface area contributed by atoms with E-state index in [1.807, 2.05) is 0 Å². The second-order valence-electron chi connectivity index (χ2n) is 3.38. The SMILES string of the molecule is C.CSOC(C)(C)O.O=CC1CCCO1. The molecule has 1 N–H and O–H groups in total. The molecule has 92 valence electrons. The van der Waals surface area contributed by atoms with Crippen LogP contribution in [0.15, 0.2) is 0 Å². The van der Waals surface area contributed by atoms with Crippen molar-refractivity contribution in [2.45, 2.75) is 46.0 Å². The van der Waals surface area contributed by atoms with Gasteiger partial charge in [-0.1, -0.05) is 7.43 Å². The Bertz CT molecular complexity index is 150. The number of hydrogen-bond acceptors (Lipinski definition) is 5. The van der Waals surface area contributed by atoms with E-state index < -0.39 is 5.79 Å². The van der Waals surface area contributed by atoms with E-state index in [4.69, 9.17) is 14.0 Å². The summed E-state index contributed by atoms with van der Waals surface area (Å²) in [5.41, 5.74) is 0. The van der Waals surface area contributed by atoms with Crippen molar-refractivity contribution in [3.8, 4) is 0 Å². The molecule has 15 heavy (non-hydrogen) atoms. The molecule has 5 heteroatoms. The van der Waals surface area contributed by atoms with E-state index in [0.717, 1.165) is 37.8 Å². The third-order valence-corrected chi connectivity index (χ3v) is 1.98. The zero-order valence-electron chi connectivity index (χ0n) is 8.86. The lowest BCUT2D eigenvalue weighted by molar-refractivity contribution is -0.115. The van der Waals surface area contributed by atoms with Crippen molar-refractivity contribution in [3.05, 3.63) is 0 Å². The van der Waals surface area contributed by atoms with Crippen molar-refractivity contribution in [1.82, 2.24) is 0 Å². The average molecular weight is 238 g/mol. The first-order chi connectivity index (χ1) is 6.49. The van der Waals surface area contributed by atoms with Crippen LogP contribution in [0.5, 0.6) is 0 Å². The summed E-state index contributed by atoms with van der Waals surface area (Å²) in [6.45, 7) is 3.94. The maximum Gasteiger partial charge on any atom is 0.172 e. The van der Waals surface area contributed by atoms with Crippen molar-refractivity contribution in [2.75, 3.05) is 12.9 Å². The highest BCUT2D eigenvalue weighted by atomic mass is 32.2. The van der Waals surface area contributed by atoms with E-state index in [0.29, 0.717) is 0 Å². The summed E-state index contributed by atoms with van der Waals surface area (Å²) in [5.74, 6) is -0.987. The summed E-state index contributed by atoms with van der Waals surface area (Å²) in [4.78, 5) is 9.88. The van der Waals surface area contributed by atoms with Gasteiger partial charge in [-0.3, -0.25) is 4.18 Å². The third kappa shape index (κ3) is 11.8. The summed E-state index contributed by atoms with van der Waals surface area (Å²) in [5, 5.41) is 8.77. The normalized spacial score (nSPS) is 19.9. The van der Waals surface area contributed by atoms with Gasteiger partial charge in [0, 0.05) is 12.9 Å². The Labute approximate surface area is 96.5 Å². The minimum atomic E-state index is -0.987. The van der Waals surface area contributed by atoms with Gasteiger partial charge < -0.3 is 14.6 Å². The largest absolute Gasteiger partial charge is 0.371 e. The molecule has 1 unspecified atom stereocenters. The Morgan fingerprint density at radius 2 is 2.20 bits per heavy atom. The van der Waals surface area contributed by atoms with Crippen molar-refractivity contribution in [1.29, 1.82) is 0 Å². The van der Waals surface area contributed by atoms with E-state index >= 15 is 0 Å². The first kappa shape index (κ1) is 17.3. The van der Waals surface area contributed by atoms with Crippen LogP contribution in [-0.4, -0.2) is 36.1 Å². The van der Waals surface area contributed by atoms with E-state index in [2.05, 4.69) is 0 Å². The predicted octanol–water partition coefficient (Wildman–Crippen LogP) is 2.01. The van der Waals surface area contributed by atoms with E-state index in [1.165, 1.54) is 0 Å². The number of carbonyl (C=O) groups is 1. The Morgan fingerprint density at radius 3 is 2.33 bits per heavy atom. The van der Waals surface area contributed by atoms with Gasteiger partial charge in [-0.2, -0.15) is 0 Å². The molecule has 0 spiro atoms. The highest BCUT2D eigenvalue weighted by molar-refractivity contribution is 7.93. The van der Waals surface area contributed by atoms with Gasteiger partial charge in [0.2, 0.25) is 0 Å². The Hall–Kier alpha value is -0.100. The topological polar surface area (TPSA) is 55.8 Å². The molecule has 1 fully saturated rings. The zero-order chi connectivity index (χ0) is 11.0. The summed E-state index contributed by atoms with van der Waals surface area (Å²) in [6, 6.07) is 0. The van der Waals surface area contributed by atoms with Crippen molar-refractivity contribution in [2.24, 2.45) is 0 Å². The molecule has 4 nitrogen and oxygen atoms in total. The quantitative estimate of drug-likeness (QED) is 0.463. The Morgan fingerprint density at radius 1 is 1.60 bits per heavy atom. The molecule has 0 bridgehead atoms. The molecule has 1 heterocycles. The molecule has 1 atom stereocenters. The summed E-state index contributed by atoms with van der Waals surface area (Å²) >= 11 is 1.16. The fraction of sp³-hybridized carbons (Fsp3) is 0.900. The molecule has 1 aliphatic rings. The fourth-order valence-corrected chi connectivity index (χ4v) is 1.32. The zero-order valence-corrected chi connectivity index (χ0v) is 9.67. The van der Waals surface area contributed by atoms with Crippen molar-refractivity contribution >= 4 is 18.3 Å². The maximum absolute atomic E-state index is 9.88. The van der Waals surface area contributed by atoms with Gasteiger partial charge in [0.05, 0.1) is 0 Å². The summed E-state index contributed by atoms with van der Waals surface area (Å²) in [6.07, 6.45) is 4.51. The number of rotatable bonds is 3. The lowest BCUT2D eigenvalue weighted by atomic mass is 10.3. The van der Waals surface area contributed by atoms with Gasteiger partial charge in [0.1, 0.15) is 12.4 Å².